The van der Waals surface area contributed by atoms with Gasteiger partial charge in [-0.3, -0.25) is 9.59 Å². The van der Waals surface area contributed by atoms with Crippen LogP contribution in [0.1, 0.15) is 28.5 Å². The minimum absolute atomic E-state index is 0.00802. The van der Waals surface area contributed by atoms with Crippen LogP contribution in [0, 0.1) is 6.92 Å². The highest BCUT2D eigenvalue weighted by atomic mass is 32.1. The lowest BCUT2D eigenvalue weighted by atomic mass is 10.1. The van der Waals surface area contributed by atoms with Crippen LogP contribution in [0.15, 0.2) is 66.0 Å². The average molecular weight is 529 g/mol. The fourth-order valence-corrected chi connectivity index (χ4v) is 5.71. The number of thiazole rings is 1. The smallest absolute Gasteiger partial charge is 0.255 e. The molecule has 0 spiro atoms. The number of methoxy groups -OCH3 is 1. The van der Waals surface area contributed by atoms with Gasteiger partial charge in [0.05, 0.1) is 24.1 Å². The maximum absolute atomic E-state index is 13.6. The number of nitrogens with zero attached hydrogens (tertiary/aromatic N) is 4. The normalized spacial score (nSPS) is 13.6. The first-order valence-electron chi connectivity index (χ1n) is 12.8. The lowest BCUT2D eigenvalue weighted by Crippen LogP contribution is -2.50. The van der Waals surface area contributed by atoms with E-state index in [9.17, 15) is 9.59 Å². The molecule has 7 nitrogen and oxygen atoms in total. The van der Waals surface area contributed by atoms with E-state index in [4.69, 9.17) is 9.72 Å². The van der Waals surface area contributed by atoms with Gasteiger partial charge in [-0.2, -0.15) is 0 Å². The Hall–Kier alpha value is -3.91. The van der Waals surface area contributed by atoms with E-state index < -0.39 is 0 Å². The lowest BCUT2D eigenvalue weighted by Gasteiger charge is -2.34. The monoisotopic (exact) mass is 528 g/mol. The highest BCUT2D eigenvalue weighted by molar-refractivity contribution is 7.13. The third kappa shape index (κ3) is 5.36. The molecule has 1 aliphatic heterocycles. The first-order valence-corrected chi connectivity index (χ1v) is 13.7. The largest absolute Gasteiger partial charge is 0.497 e. The number of carbonyl (C=O) groups excluding carboxylic acids is 2. The molecule has 0 radical (unpaired) electrons. The average Bonchev–Trinajstić information content (AvgIpc) is 3.57. The van der Waals surface area contributed by atoms with Crippen molar-refractivity contribution in [1.29, 1.82) is 0 Å². The van der Waals surface area contributed by atoms with E-state index in [-0.39, 0.29) is 11.8 Å². The molecule has 2 aromatic heterocycles. The molecular weight excluding hydrogens is 496 g/mol. The van der Waals surface area contributed by atoms with Crippen molar-refractivity contribution in [3.05, 3.63) is 82.9 Å². The summed E-state index contributed by atoms with van der Waals surface area (Å²) in [7, 11) is 1.67. The Bertz CT molecular complexity index is 1420. The molecule has 0 unspecified atom stereocenters. The molecule has 0 atom stereocenters. The molecule has 5 rings (SSSR count). The molecule has 2 amide bonds. The van der Waals surface area contributed by atoms with E-state index in [0.29, 0.717) is 31.7 Å². The quantitative estimate of drug-likeness (QED) is 0.333. The summed E-state index contributed by atoms with van der Waals surface area (Å²) in [5.74, 6) is 0.895. The van der Waals surface area contributed by atoms with E-state index >= 15 is 0 Å². The van der Waals surface area contributed by atoms with Crippen LogP contribution >= 0.6 is 11.3 Å². The third-order valence-electron chi connectivity index (χ3n) is 7.18. The molecule has 4 aromatic rings. The molecule has 1 aliphatic rings. The number of aromatic nitrogens is 2. The van der Waals surface area contributed by atoms with Crippen molar-refractivity contribution in [2.75, 3.05) is 33.3 Å². The number of amides is 2. The second-order valence-corrected chi connectivity index (χ2v) is 10.3. The van der Waals surface area contributed by atoms with Crippen molar-refractivity contribution in [1.82, 2.24) is 19.4 Å². The van der Waals surface area contributed by atoms with Gasteiger partial charge in [-0.1, -0.05) is 42.5 Å². The second kappa shape index (κ2) is 11.2. The summed E-state index contributed by atoms with van der Waals surface area (Å²) < 4.78 is 7.51. The van der Waals surface area contributed by atoms with Gasteiger partial charge in [-0.15, -0.1) is 11.3 Å². The Kier molecular flexibility index (Phi) is 7.60. The minimum Gasteiger partial charge on any atom is -0.497 e. The predicted octanol–water partition coefficient (Wildman–Crippen LogP) is 5.14. The zero-order valence-corrected chi connectivity index (χ0v) is 22.8. The highest BCUT2D eigenvalue weighted by Crippen LogP contribution is 2.32. The first kappa shape index (κ1) is 25.7. The van der Waals surface area contributed by atoms with E-state index in [2.05, 4.69) is 34.2 Å². The summed E-state index contributed by atoms with van der Waals surface area (Å²) in [6.45, 7) is 6.53. The molecule has 1 fully saturated rings. The zero-order valence-electron chi connectivity index (χ0n) is 22.0. The van der Waals surface area contributed by atoms with Gasteiger partial charge >= 0.3 is 0 Å². The maximum Gasteiger partial charge on any atom is 0.255 e. The second-order valence-electron chi connectivity index (χ2n) is 9.48. The van der Waals surface area contributed by atoms with Crippen LogP contribution in [-0.4, -0.2) is 64.5 Å². The lowest BCUT2D eigenvalue weighted by molar-refractivity contribution is -0.130. The van der Waals surface area contributed by atoms with Crippen LogP contribution < -0.4 is 4.74 Å². The van der Waals surface area contributed by atoms with Crippen LogP contribution in [0.2, 0.25) is 0 Å². The molecule has 0 bridgehead atoms. The Morgan fingerprint density at radius 3 is 2.32 bits per heavy atom. The summed E-state index contributed by atoms with van der Waals surface area (Å²) >= 11 is 1.61. The van der Waals surface area contributed by atoms with Gasteiger partial charge in [-0.25, -0.2) is 4.98 Å². The highest BCUT2D eigenvalue weighted by Gasteiger charge is 2.27. The molecule has 8 heteroatoms. The number of hydrogen-bond acceptors (Lipinski definition) is 5. The van der Waals surface area contributed by atoms with Crippen molar-refractivity contribution in [3.63, 3.8) is 0 Å². The molecule has 0 aliphatic carbocycles. The van der Waals surface area contributed by atoms with Gasteiger partial charge in [0.25, 0.3) is 5.91 Å². The van der Waals surface area contributed by atoms with Gasteiger partial charge in [0, 0.05) is 56.3 Å². The topological polar surface area (TPSA) is 67.7 Å². The molecule has 0 N–H and O–H groups in total. The van der Waals surface area contributed by atoms with Crippen LogP contribution in [0.3, 0.4) is 0 Å². The van der Waals surface area contributed by atoms with Gasteiger partial charge < -0.3 is 19.1 Å². The molecule has 2 aromatic carbocycles. The molecular formula is C30H32N4O3S. The summed E-state index contributed by atoms with van der Waals surface area (Å²) in [6.07, 6.45) is 0.813. The van der Waals surface area contributed by atoms with Crippen LogP contribution in [-0.2, 0) is 17.8 Å². The van der Waals surface area contributed by atoms with Crippen molar-refractivity contribution in [3.8, 4) is 27.7 Å². The summed E-state index contributed by atoms with van der Waals surface area (Å²) in [4.78, 5) is 34.0. The summed E-state index contributed by atoms with van der Waals surface area (Å²) in [5.41, 5.74) is 5.71. The Morgan fingerprint density at radius 1 is 0.974 bits per heavy atom. The van der Waals surface area contributed by atoms with Gasteiger partial charge in [0.2, 0.25) is 5.91 Å². The predicted molar refractivity (Wildman–Crippen MR) is 151 cm³/mol. The van der Waals surface area contributed by atoms with Crippen LogP contribution in [0.25, 0.3) is 22.0 Å². The number of rotatable bonds is 7. The minimum atomic E-state index is 0.00802. The van der Waals surface area contributed by atoms with Crippen molar-refractivity contribution < 1.29 is 14.3 Å². The number of carbonyl (C=O) groups is 2. The van der Waals surface area contributed by atoms with Gasteiger partial charge in [-0.05, 0) is 37.1 Å². The number of aryl methyl sites for hydroxylation is 1. The van der Waals surface area contributed by atoms with E-state index in [0.717, 1.165) is 46.4 Å². The Balaban J connectivity index is 1.45. The Morgan fingerprint density at radius 2 is 1.66 bits per heavy atom. The first-order chi connectivity index (χ1) is 18.4. The molecule has 0 saturated carbocycles. The fourth-order valence-electron chi connectivity index (χ4n) is 4.89. The SMILES string of the molecule is COc1ccc(CCn2c(-c3csc(-c4ccccc4)n3)cc(C(=O)N3CCN(C(C)=O)CC3)c2C)cc1. The third-order valence-corrected chi connectivity index (χ3v) is 8.07. The van der Waals surface area contributed by atoms with E-state index in [1.807, 2.05) is 48.2 Å². The van der Waals surface area contributed by atoms with Crippen molar-refractivity contribution in [2.24, 2.45) is 0 Å². The van der Waals surface area contributed by atoms with Crippen molar-refractivity contribution >= 4 is 23.2 Å². The molecule has 3 heterocycles. The van der Waals surface area contributed by atoms with Crippen molar-refractivity contribution in [2.45, 2.75) is 26.8 Å². The summed E-state index contributed by atoms with van der Waals surface area (Å²) in [5, 5.41) is 3.02. The number of hydrogen-bond donors (Lipinski definition) is 0. The fraction of sp³-hybridized carbons (Fsp3) is 0.300. The van der Waals surface area contributed by atoms with Gasteiger partial charge in [0.15, 0.2) is 0 Å². The van der Waals surface area contributed by atoms with Crippen LogP contribution in [0.5, 0.6) is 5.75 Å². The Labute approximate surface area is 227 Å². The number of benzene rings is 2. The van der Waals surface area contributed by atoms with Crippen LogP contribution in [0.4, 0.5) is 0 Å². The molecule has 1 saturated heterocycles. The van der Waals surface area contributed by atoms with E-state index in [1.165, 1.54) is 5.56 Å². The van der Waals surface area contributed by atoms with E-state index in [1.54, 1.807) is 30.3 Å². The number of piperazine rings is 1. The molecule has 196 valence electrons. The molecule has 38 heavy (non-hydrogen) atoms. The zero-order chi connectivity index (χ0) is 26.6. The maximum atomic E-state index is 13.6. The summed E-state index contributed by atoms with van der Waals surface area (Å²) in [6, 6.07) is 20.2. The van der Waals surface area contributed by atoms with Gasteiger partial charge in [0.1, 0.15) is 10.8 Å². The standard InChI is InChI=1S/C30H32N4O3S/c1-21-26(30(36)33-17-15-32(16-18-33)22(2)35)19-28(27-20-38-29(31-27)24-7-5-4-6-8-24)34(21)14-13-23-9-11-25(37-3)12-10-23/h4-12,19-20H,13-18H2,1-3H3. The number of ether oxygens (including phenoxy) is 1.